The highest BCUT2D eigenvalue weighted by atomic mass is 16.5. The zero-order chi connectivity index (χ0) is 9.68. The Hall–Kier alpha value is -0.530. The standard InChI is InChI=1S/C11H20O2/c1-3-9-5-4-6-10(9)7-8-11(12)13-2/h9-10H,3-8H2,1-2H3. The van der Waals surface area contributed by atoms with Gasteiger partial charge in [0.25, 0.3) is 0 Å². The summed E-state index contributed by atoms with van der Waals surface area (Å²) in [6.45, 7) is 2.25. The van der Waals surface area contributed by atoms with E-state index in [1.54, 1.807) is 0 Å². The van der Waals surface area contributed by atoms with Crippen molar-refractivity contribution in [3.8, 4) is 0 Å². The molecule has 1 fully saturated rings. The predicted octanol–water partition coefficient (Wildman–Crippen LogP) is 2.77. The van der Waals surface area contributed by atoms with Gasteiger partial charge in [0.05, 0.1) is 7.11 Å². The second-order valence-corrected chi connectivity index (χ2v) is 3.97. The molecule has 0 aromatic rings. The summed E-state index contributed by atoms with van der Waals surface area (Å²) in [6, 6.07) is 0. The van der Waals surface area contributed by atoms with E-state index >= 15 is 0 Å². The highest BCUT2D eigenvalue weighted by Crippen LogP contribution is 2.36. The fourth-order valence-corrected chi connectivity index (χ4v) is 2.44. The number of esters is 1. The van der Waals surface area contributed by atoms with Crippen LogP contribution < -0.4 is 0 Å². The van der Waals surface area contributed by atoms with Gasteiger partial charge in [0.2, 0.25) is 0 Å². The minimum absolute atomic E-state index is 0.0539. The SMILES string of the molecule is CCC1CCCC1CCC(=O)OC. The minimum Gasteiger partial charge on any atom is -0.469 e. The molecule has 0 N–H and O–H groups in total. The first kappa shape index (κ1) is 10.6. The Kier molecular flexibility index (Phi) is 4.26. The van der Waals surface area contributed by atoms with Gasteiger partial charge in [0, 0.05) is 6.42 Å². The summed E-state index contributed by atoms with van der Waals surface area (Å²) in [4.78, 5) is 10.9. The Balaban J connectivity index is 2.23. The molecule has 76 valence electrons. The van der Waals surface area contributed by atoms with Crippen LogP contribution in [0.3, 0.4) is 0 Å². The summed E-state index contributed by atoms with van der Waals surface area (Å²) in [6.07, 6.45) is 6.94. The number of carbonyl (C=O) groups is 1. The average Bonchev–Trinajstić information content (AvgIpc) is 2.61. The molecular weight excluding hydrogens is 164 g/mol. The molecule has 2 atom stereocenters. The number of rotatable bonds is 4. The largest absolute Gasteiger partial charge is 0.469 e. The Morgan fingerprint density at radius 1 is 1.38 bits per heavy atom. The van der Waals surface area contributed by atoms with Gasteiger partial charge in [0.15, 0.2) is 0 Å². The first-order chi connectivity index (χ1) is 6.27. The van der Waals surface area contributed by atoms with Gasteiger partial charge in [0.1, 0.15) is 0 Å². The van der Waals surface area contributed by atoms with E-state index < -0.39 is 0 Å². The van der Waals surface area contributed by atoms with Gasteiger partial charge in [-0.1, -0.05) is 32.6 Å². The molecule has 2 nitrogen and oxygen atoms in total. The highest BCUT2D eigenvalue weighted by Gasteiger charge is 2.25. The van der Waals surface area contributed by atoms with Gasteiger partial charge in [-0.2, -0.15) is 0 Å². The summed E-state index contributed by atoms with van der Waals surface area (Å²) < 4.78 is 4.64. The van der Waals surface area contributed by atoms with E-state index in [4.69, 9.17) is 0 Å². The number of ether oxygens (including phenoxy) is 1. The summed E-state index contributed by atoms with van der Waals surface area (Å²) in [5.41, 5.74) is 0. The Morgan fingerprint density at radius 2 is 2.08 bits per heavy atom. The predicted molar refractivity (Wildman–Crippen MR) is 52.4 cm³/mol. The lowest BCUT2D eigenvalue weighted by Gasteiger charge is -2.16. The molecule has 0 spiro atoms. The summed E-state index contributed by atoms with van der Waals surface area (Å²) in [7, 11) is 1.47. The lowest BCUT2D eigenvalue weighted by Crippen LogP contribution is -2.10. The zero-order valence-electron chi connectivity index (χ0n) is 8.71. The topological polar surface area (TPSA) is 26.3 Å². The van der Waals surface area contributed by atoms with Gasteiger partial charge >= 0.3 is 5.97 Å². The molecule has 0 aromatic carbocycles. The van der Waals surface area contributed by atoms with Gasteiger partial charge in [-0.15, -0.1) is 0 Å². The fourth-order valence-electron chi connectivity index (χ4n) is 2.44. The molecule has 0 aliphatic heterocycles. The third-order valence-corrected chi connectivity index (χ3v) is 3.29. The third-order valence-electron chi connectivity index (χ3n) is 3.29. The van der Waals surface area contributed by atoms with E-state index in [0.717, 1.165) is 18.3 Å². The van der Waals surface area contributed by atoms with Crippen molar-refractivity contribution in [2.24, 2.45) is 11.8 Å². The van der Waals surface area contributed by atoms with Crippen molar-refractivity contribution in [1.29, 1.82) is 0 Å². The van der Waals surface area contributed by atoms with Crippen LogP contribution in [-0.2, 0) is 9.53 Å². The van der Waals surface area contributed by atoms with E-state index in [2.05, 4.69) is 11.7 Å². The number of methoxy groups -OCH3 is 1. The number of hydrogen-bond donors (Lipinski definition) is 0. The van der Waals surface area contributed by atoms with E-state index in [0.29, 0.717) is 6.42 Å². The van der Waals surface area contributed by atoms with E-state index in [-0.39, 0.29) is 5.97 Å². The maximum atomic E-state index is 10.9. The van der Waals surface area contributed by atoms with Crippen molar-refractivity contribution in [3.63, 3.8) is 0 Å². The van der Waals surface area contributed by atoms with E-state index in [1.807, 2.05) is 0 Å². The summed E-state index contributed by atoms with van der Waals surface area (Å²) in [5, 5.41) is 0. The van der Waals surface area contributed by atoms with Crippen LogP contribution in [0.15, 0.2) is 0 Å². The molecule has 1 aliphatic rings. The van der Waals surface area contributed by atoms with Gasteiger partial charge in [-0.25, -0.2) is 0 Å². The summed E-state index contributed by atoms with van der Waals surface area (Å²) >= 11 is 0. The van der Waals surface area contributed by atoms with Crippen LogP contribution in [0, 0.1) is 11.8 Å². The van der Waals surface area contributed by atoms with Crippen LogP contribution in [0.1, 0.15) is 45.4 Å². The molecular formula is C11H20O2. The molecule has 0 aromatic heterocycles. The second kappa shape index (κ2) is 5.25. The zero-order valence-corrected chi connectivity index (χ0v) is 8.71. The molecule has 2 heteroatoms. The lowest BCUT2D eigenvalue weighted by molar-refractivity contribution is -0.141. The van der Waals surface area contributed by atoms with Crippen LogP contribution >= 0.6 is 0 Å². The fraction of sp³-hybridized carbons (Fsp3) is 0.909. The normalized spacial score (nSPS) is 27.5. The number of hydrogen-bond acceptors (Lipinski definition) is 2. The molecule has 0 heterocycles. The smallest absolute Gasteiger partial charge is 0.305 e. The summed E-state index contributed by atoms with van der Waals surface area (Å²) in [5.74, 6) is 1.59. The van der Waals surface area contributed by atoms with Gasteiger partial charge in [-0.3, -0.25) is 4.79 Å². The molecule has 1 aliphatic carbocycles. The van der Waals surface area contributed by atoms with Crippen LogP contribution in [0.25, 0.3) is 0 Å². The van der Waals surface area contributed by atoms with Crippen LogP contribution in [0.5, 0.6) is 0 Å². The highest BCUT2D eigenvalue weighted by molar-refractivity contribution is 5.69. The third kappa shape index (κ3) is 3.02. The molecule has 13 heavy (non-hydrogen) atoms. The molecule has 0 radical (unpaired) electrons. The molecule has 0 amide bonds. The maximum absolute atomic E-state index is 10.9. The van der Waals surface area contributed by atoms with Crippen molar-refractivity contribution in [3.05, 3.63) is 0 Å². The Labute approximate surface area is 80.7 Å². The van der Waals surface area contributed by atoms with Crippen LogP contribution in [0.4, 0.5) is 0 Å². The van der Waals surface area contributed by atoms with E-state index in [1.165, 1.54) is 32.8 Å². The maximum Gasteiger partial charge on any atom is 0.305 e. The van der Waals surface area contributed by atoms with Gasteiger partial charge in [-0.05, 0) is 18.3 Å². The van der Waals surface area contributed by atoms with E-state index in [9.17, 15) is 4.79 Å². The monoisotopic (exact) mass is 184 g/mol. The number of carbonyl (C=O) groups excluding carboxylic acids is 1. The lowest BCUT2D eigenvalue weighted by atomic mass is 9.90. The quantitative estimate of drug-likeness (QED) is 0.628. The minimum atomic E-state index is -0.0539. The van der Waals surface area contributed by atoms with Crippen LogP contribution in [0.2, 0.25) is 0 Å². The van der Waals surface area contributed by atoms with Crippen molar-refractivity contribution in [2.45, 2.75) is 45.4 Å². The Morgan fingerprint density at radius 3 is 2.69 bits per heavy atom. The average molecular weight is 184 g/mol. The molecule has 0 saturated heterocycles. The van der Waals surface area contributed by atoms with Crippen molar-refractivity contribution >= 4 is 5.97 Å². The first-order valence-corrected chi connectivity index (χ1v) is 5.34. The van der Waals surface area contributed by atoms with Crippen molar-refractivity contribution in [1.82, 2.24) is 0 Å². The molecule has 2 unspecified atom stereocenters. The second-order valence-electron chi connectivity index (χ2n) is 3.97. The van der Waals surface area contributed by atoms with Gasteiger partial charge < -0.3 is 4.74 Å². The van der Waals surface area contributed by atoms with Crippen LogP contribution in [-0.4, -0.2) is 13.1 Å². The van der Waals surface area contributed by atoms with Crippen molar-refractivity contribution < 1.29 is 9.53 Å². The Bertz CT molecular complexity index is 165. The van der Waals surface area contributed by atoms with Crippen molar-refractivity contribution in [2.75, 3.05) is 7.11 Å². The molecule has 1 saturated carbocycles. The first-order valence-electron chi connectivity index (χ1n) is 5.34. The molecule has 0 bridgehead atoms. The molecule has 1 rings (SSSR count).